The minimum absolute atomic E-state index is 0.375. The smallest absolute Gasteiger partial charge is 0.0487 e. The topological polar surface area (TPSA) is 27.8 Å². The Morgan fingerprint density at radius 2 is 2.12 bits per heavy atom. The number of aromatic nitrogens is 1. The lowest BCUT2D eigenvalue weighted by atomic mass is 10.1. The van der Waals surface area contributed by atoms with Gasteiger partial charge < -0.3 is 10.3 Å². The quantitative estimate of drug-likeness (QED) is 0.864. The van der Waals surface area contributed by atoms with E-state index in [1.54, 1.807) is 0 Å². The second-order valence-electron chi connectivity index (χ2n) is 4.59. The highest BCUT2D eigenvalue weighted by atomic mass is 79.9. The van der Waals surface area contributed by atoms with Crippen LogP contribution in [0.5, 0.6) is 0 Å². The van der Waals surface area contributed by atoms with Crippen molar-refractivity contribution < 1.29 is 0 Å². The van der Waals surface area contributed by atoms with Crippen LogP contribution in [0.2, 0.25) is 0 Å². The third-order valence-electron chi connectivity index (χ3n) is 3.08. The molecule has 92 valence electrons. The first-order valence-corrected chi connectivity index (χ1v) is 6.93. The van der Waals surface area contributed by atoms with Crippen LogP contribution in [-0.4, -0.2) is 11.5 Å². The second kappa shape index (κ2) is 5.23. The van der Waals surface area contributed by atoms with Crippen molar-refractivity contribution in [3.8, 4) is 0 Å². The van der Waals surface area contributed by atoms with Crippen LogP contribution in [0.4, 0.5) is 0 Å². The molecule has 0 bridgehead atoms. The highest BCUT2D eigenvalue weighted by Gasteiger charge is 2.09. The molecule has 0 radical (unpaired) electrons. The van der Waals surface area contributed by atoms with E-state index >= 15 is 0 Å². The van der Waals surface area contributed by atoms with Crippen molar-refractivity contribution in [3.05, 3.63) is 33.9 Å². The lowest BCUT2D eigenvalue weighted by molar-refractivity contribution is 0.561. The van der Waals surface area contributed by atoms with Gasteiger partial charge in [-0.3, -0.25) is 0 Å². The van der Waals surface area contributed by atoms with Crippen LogP contribution in [-0.2, 0) is 0 Å². The van der Waals surface area contributed by atoms with Gasteiger partial charge in [0.2, 0.25) is 0 Å². The van der Waals surface area contributed by atoms with Crippen LogP contribution in [0.15, 0.2) is 22.7 Å². The van der Waals surface area contributed by atoms with Crippen molar-refractivity contribution in [2.24, 2.45) is 0 Å². The molecule has 0 aliphatic carbocycles. The maximum Gasteiger partial charge on any atom is 0.0487 e. The van der Waals surface area contributed by atoms with E-state index in [1.165, 1.54) is 22.2 Å². The number of rotatable bonds is 4. The van der Waals surface area contributed by atoms with Gasteiger partial charge in [0.15, 0.2) is 0 Å². The number of aromatic amines is 1. The van der Waals surface area contributed by atoms with E-state index < -0.39 is 0 Å². The summed E-state index contributed by atoms with van der Waals surface area (Å²) in [6.45, 7) is 7.58. The molecule has 0 saturated carbocycles. The van der Waals surface area contributed by atoms with E-state index in [9.17, 15) is 0 Å². The van der Waals surface area contributed by atoms with Gasteiger partial charge in [-0.2, -0.15) is 0 Å². The summed E-state index contributed by atoms with van der Waals surface area (Å²) in [6.07, 6.45) is 1.16. The number of aryl methyl sites for hydroxylation is 1. The first-order chi connectivity index (χ1) is 8.11. The Labute approximate surface area is 111 Å². The molecule has 2 N–H and O–H groups in total. The molecule has 3 heteroatoms. The average molecular weight is 295 g/mol. The van der Waals surface area contributed by atoms with E-state index in [-0.39, 0.29) is 0 Å². The van der Waals surface area contributed by atoms with Crippen molar-refractivity contribution >= 4 is 26.8 Å². The molecule has 1 unspecified atom stereocenters. The van der Waals surface area contributed by atoms with E-state index in [0.717, 1.165) is 17.4 Å². The molecule has 1 aromatic carbocycles. The Balaban J connectivity index is 2.34. The Bertz CT molecular complexity index is 516. The zero-order valence-corrected chi connectivity index (χ0v) is 12.2. The Hall–Kier alpha value is -0.800. The van der Waals surface area contributed by atoms with E-state index in [2.05, 4.69) is 65.2 Å². The number of nitrogens with one attached hydrogen (secondary N) is 2. The maximum atomic E-state index is 3.54. The van der Waals surface area contributed by atoms with Crippen LogP contribution in [0, 0.1) is 6.92 Å². The number of benzene rings is 1. The van der Waals surface area contributed by atoms with E-state index in [1.807, 2.05) is 0 Å². The van der Waals surface area contributed by atoms with Gasteiger partial charge >= 0.3 is 0 Å². The molecular formula is C14H19BrN2. The first-order valence-electron chi connectivity index (χ1n) is 6.14. The Morgan fingerprint density at radius 3 is 2.82 bits per heavy atom. The van der Waals surface area contributed by atoms with E-state index in [0.29, 0.717) is 6.04 Å². The largest absolute Gasteiger partial charge is 0.357 e. The lowest BCUT2D eigenvalue weighted by Crippen LogP contribution is -2.19. The molecule has 1 atom stereocenters. The minimum atomic E-state index is 0.375. The molecule has 2 aromatic rings. The summed E-state index contributed by atoms with van der Waals surface area (Å²) in [5.74, 6) is 0. The fourth-order valence-electron chi connectivity index (χ4n) is 2.11. The van der Waals surface area contributed by atoms with Gasteiger partial charge in [-0.25, -0.2) is 0 Å². The highest BCUT2D eigenvalue weighted by molar-refractivity contribution is 9.10. The van der Waals surface area contributed by atoms with Gasteiger partial charge in [0, 0.05) is 27.1 Å². The highest BCUT2D eigenvalue weighted by Crippen LogP contribution is 2.26. The van der Waals surface area contributed by atoms with Crippen molar-refractivity contribution in [1.29, 1.82) is 0 Å². The summed E-state index contributed by atoms with van der Waals surface area (Å²) < 4.78 is 1.14. The fraction of sp³-hybridized carbons (Fsp3) is 0.429. The normalized spacial score (nSPS) is 13.2. The van der Waals surface area contributed by atoms with Crippen molar-refractivity contribution in [1.82, 2.24) is 10.3 Å². The fourth-order valence-corrected chi connectivity index (χ4v) is 2.70. The molecule has 0 aliphatic heterocycles. The van der Waals surface area contributed by atoms with E-state index in [4.69, 9.17) is 0 Å². The lowest BCUT2D eigenvalue weighted by Gasteiger charge is -2.10. The van der Waals surface area contributed by atoms with Gasteiger partial charge in [-0.1, -0.05) is 22.9 Å². The zero-order valence-electron chi connectivity index (χ0n) is 10.6. The van der Waals surface area contributed by atoms with Crippen molar-refractivity contribution in [2.75, 3.05) is 6.54 Å². The van der Waals surface area contributed by atoms with Gasteiger partial charge in [-0.05, 0) is 50.6 Å². The summed E-state index contributed by atoms with van der Waals surface area (Å²) in [5, 5.41) is 4.78. The summed E-state index contributed by atoms with van der Waals surface area (Å²) >= 11 is 3.54. The number of hydrogen-bond donors (Lipinski definition) is 2. The standard InChI is InChI=1S/C14H19BrN2/c1-4-5-16-10(3)13-8-11-7-12(15)6-9(2)14(11)17-13/h6-8,10,16-17H,4-5H2,1-3H3. The molecule has 0 aliphatic rings. The maximum absolute atomic E-state index is 3.54. The summed E-state index contributed by atoms with van der Waals surface area (Å²) in [4.78, 5) is 3.52. The minimum Gasteiger partial charge on any atom is -0.357 e. The molecule has 0 amide bonds. The van der Waals surface area contributed by atoms with Gasteiger partial charge in [-0.15, -0.1) is 0 Å². The Morgan fingerprint density at radius 1 is 1.35 bits per heavy atom. The molecule has 17 heavy (non-hydrogen) atoms. The average Bonchev–Trinajstić information content (AvgIpc) is 2.69. The predicted molar refractivity (Wildman–Crippen MR) is 77.4 cm³/mol. The van der Waals surface area contributed by atoms with Crippen LogP contribution in [0.3, 0.4) is 0 Å². The molecule has 0 fully saturated rings. The Kier molecular flexibility index (Phi) is 3.89. The van der Waals surface area contributed by atoms with Gasteiger partial charge in [0.1, 0.15) is 0 Å². The van der Waals surface area contributed by atoms with Crippen molar-refractivity contribution in [3.63, 3.8) is 0 Å². The van der Waals surface area contributed by atoms with Crippen LogP contribution < -0.4 is 5.32 Å². The number of H-pyrrole nitrogens is 1. The third-order valence-corrected chi connectivity index (χ3v) is 3.54. The van der Waals surface area contributed by atoms with Crippen LogP contribution >= 0.6 is 15.9 Å². The summed E-state index contributed by atoms with van der Waals surface area (Å²) in [7, 11) is 0. The molecule has 2 nitrogen and oxygen atoms in total. The number of fused-ring (bicyclic) bond motifs is 1. The predicted octanol–water partition coefficient (Wildman–Crippen LogP) is 4.30. The van der Waals surface area contributed by atoms with Gasteiger partial charge in [0.25, 0.3) is 0 Å². The summed E-state index contributed by atoms with van der Waals surface area (Å²) in [5.41, 5.74) is 3.78. The summed E-state index contributed by atoms with van der Waals surface area (Å²) in [6, 6.07) is 6.92. The zero-order chi connectivity index (χ0) is 12.4. The van der Waals surface area contributed by atoms with Gasteiger partial charge in [0.05, 0.1) is 0 Å². The molecule has 0 spiro atoms. The first kappa shape index (κ1) is 12.7. The molecule has 1 heterocycles. The monoisotopic (exact) mass is 294 g/mol. The molecular weight excluding hydrogens is 276 g/mol. The van der Waals surface area contributed by atoms with Crippen molar-refractivity contribution in [2.45, 2.75) is 33.2 Å². The number of halogens is 1. The van der Waals surface area contributed by atoms with Crippen LogP contribution in [0.1, 0.15) is 37.6 Å². The number of hydrogen-bond acceptors (Lipinski definition) is 1. The molecule has 0 saturated heterocycles. The molecule has 2 rings (SSSR count). The molecule has 1 aromatic heterocycles. The SMILES string of the molecule is CCCNC(C)c1cc2cc(Br)cc(C)c2[nH]1. The van der Waals surface area contributed by atoms with Crippen LogP contribution in [0.25, 0.3) is 10.9 Å². The third kappa shape index (κ3) is 2.72. The second-order valence-corrected chi connectivity index (χ2v) is 5.50.